The van der Waals surface area contributed by atoms with Crippen molar-refractivity contribution in [1.29, 1.82) is 0 Å². The van der Waals surface area contributed by atoms with E-state index in [0.29, 0.717) is 12.5 Å². The molecule has 0 spiro atoms. The summed E-state index contributed by atoms with van der Waals surface area (Å²) in [6.07, 6.45) is 3.96. The van der Waals surface area contributed by atoms with E-state index in [1.54, 1.807) is 0 Å². The van der Waals surface area contributed by atoms with Crippen molar-refractivity contribution in [2.45, 2.75) is 26.3 Å². The van der Waals surface area contributed by atoms with Crippen molar-refractivity contribution in [3.05, 3.63) is 48.5 Å². The second-order valence-electron chi connectivity index (χ2n) is 7.17. The van der Waals surface area contributed by atoms with E-state index in [2.05, 4.69) is 44.7 Å². The first-order valence-corrected chi connectivity index (χ1v) is 9.42. The average molecular weight is 355 g/mol. The molecule has 1 aromatic carbocycles. The van der Waals surface area contributed by atoms with Crippen molar-refractivity contribution in [3.8, 4) is 0 Å². The molecule has 0 aliphatic carbocycles. The zero-order chi connectivity index (χ0) is 18.4. The Morgan fingerprint density at radius 1 is 1.08 bits per heavy atom. The van der Waals surface area contributed by atoms with Gasteiger partial charge in [-0.1, -0.05) is 32.0 Å². The van der Waals surface area contributed by atoms with Crippen LogP contribution in [0.2, 0.25) is 0 Å². The third-order valence-corrected chi connectivity index (χ3v) is 4.81. The minimum absolute atomic E-state index is 0.0599. The number of hydrogen-bond donors (Lipinski definition) is 1. The fraction of sp³-hybridized carbons (Fsp3) is 0.500. The van der Waals surface area contributed by atoms with E-state index >= 15 is 0 Å². The van der Waals surface area contributed by atoms with E-state index < -0.39 is 0 Å². The van der Waals surface area contributed by atoms with Crippen LogP contribution in [-0.2, 0) is 11.3 Å². The number of rotatable bonds is 7. The zero-order valence-corrected chi connectivity index (χ0v) is 15.8. The van der Waals surface area contributed by atoms with Gasteiger partial charge in [-0.25, -0.2) is 4.98 Å². The third-order valence-electron chi connectivity index (χ3n) is 4.81. The predicted octanol–water partition coefficient (Wildman–Crippen LogP) is 2.26. The Kier molecular flexibility index (Phi) is 6.41. The van der Waals surface area contributed by atoms with Crippen molar-refractivity contribution in [2.24, 2.45) is 0 Å². The molecule has 6 heteroatoms. The van der Waals surface area contributed by atoms with Gasteiger partial charge in [0.1, 0.15) is 5.82 Å². The summed E-state index contributed by atoms with van der Waals surface area (Å²) >= 11 is 0. The minimum Gasteiger partial charge on any atom is -0.333 e. The van der Waals surface area contributed by atoms with Gasteiger partial charge in [0.15, 0.2) is 0 Å². The van der Waals surface area contributed by atoms with Gasteiger partial charge in [0.2, 0.25) is 5.91 Å². The van der Waals surface area contributed by atoms with Gasteiger partial charge in [0, 0.05) is 63.3 Å². The number of hydrogen-bond acceptors (Lipinski definition) is 4. The molecule has 0 radical (unpaired) electrons. The molecule has 1 aliphatic rings. The Morgan fingerprint density at radius 3 is 2.46 bits per heavy atom. The van der Waals surface area contributed by atoms with Gasteiger partial charge in [-0.05, 0) is 12.1 Å². The molecule has 3 rings (SSSR count). The fourth-order valence-corrected chi connectivity index (χ4v) is 3.36. The maximum atomic E-state index is 12.2. The molecular formula is C20H29N5O. The van der Waals surface area contributed by atoms with E-state index in [1.807, 2.05) is 36.5 Å². The quantitative estimate of drug-likeness (QED) is 0.828. The number of anilines is 1. The van der Waals surface area contributed by atoms with Gasteiger partial charge in [-0.15, -0.1) is 0 Å². The van der Waals surface area contributed by atoms with Gasteiger partial charge in [0.25, 0.3) is 0 Å². The lowest BCUT2D eigenvalue weighted by Crippen LogP contribution is -2.49. The molecule has 140 valence electrons. The molecule has 0 saturated carbocycles. The summed E-state index contributed by atoms with van der Waals surface area (Å²) in [4.78, 5) is 21.3. The van der Waals surface area contributed by atoms with Gasteiger partial charge < -0.3 is 9.88 Å². The van der Waals surface area contributed by atoms with Crippen LogP contribution in [-0.4, -0.2) is 64.5 Å². The summed E-state index contributed by atoms with van der Waals surface area (Å²) in [7, 11) is 0. The lowest BCUT2D eigenvalue weighted by atomic mass is 10.2. The summed E-state index contributed by atoms with van der Waals surface area (Å²) < 4.78 is 2.25. The minimum atomic E-state index is 0.0599. The zero-order valence-electron chi connectivity index (χ0n) is 15.8. The summed E-state index contributed by atoms with van der Waals surface area (Å²) in [6.45, 7) is 10.7. The molecule has 0 bridgehead atoms. The van der Waals surface area contributed by atoms with Crippen LogP contribution >= 0.6 is 0 Å². The topological polar surface area (TPSA) is 53.4 Å². The summed E-state index contributed by atoms with van der Waals surface area (Å²) in [5.74, 6) is 1.66. The van der Waals surface area contributed by atoms with Gasteiger partial charge in [-0.3, -0.25) is 14.6 Å². The monoisotopic (exact) mass is 355 g/mol. The number of benzene rings is 1. The van der Waals surface area contributed by atoms with Crippen LogP contribution in [0.4, 0.5) is 5.69 Å². The molecule has 0 atom stereocenters. The maximum absolute atomic E-state index is 12.2. The van der Waals surface area contributed by atoms with Crippen LogP contribution in [0.25, 0.3) is 0 Å². The van der Waals surface area contributed by atoms with Crippen LogP contribution in [0.15, 0.2) is 42.7 Å². The van der Waals surface area contributed by atoms with Gasteiger partial charge >= 0.3 is 0 Å². The molecule has 0 unspecified atom stereocenters. The first kappa shape index (κ1) is 18.6. The highest BCUT2D eigenvalue weighted by Gasteiger charge is 2.19. The van der Waals surface area contributed by atoms with Crippen molar-refractivity contribution in [2.75, 3.05) is 44.6 Å². The molecule has 1 fully saturated rings. The number of carbonyl (C=O) groups is 1. The first-order valence-electron chi connectivity index (χ1n) is 9.42. The highest BCUT2D eigenvalue weighted by atomic mass is 16.2. The largest absolute Gasteiger partial charge is 0.333 e. The van der Waals surface area contributed by atoms with E-state index in [-0.39, 0.29) is 5.91 Å². The number of piperazine rings is 1. The normalized spacial score (nSPS) is 16.1. The van der Waals surface area contributed by atoms with Crippen LogP contribution in [0.5, 0.6) is 0 Å². The van der Waals surface area contributed by atoms with Crippen molar-refractivity contribution >= 4 is 11.6 Å². The number of carbonyl (C=O) groups excluding carboxylic acids is 1. The Morgan fingerprint density at radius 2 is 1.77 bits per heavy atom. The molecule has 6 nitrogen and oxygen atoms in total. The van der Waals surface area contributed by atoms with Crippen molar-refractivity contribution in [1.82, 2.24) is 19.4 Å². The molecule has 1 aliphatic heterocycles. The Labute approximate surface area is 155 Å². The third kappa shape index (κ3) is 5.16. The van der Waals surface area contributed by atoms with E-state index in [4.69, 9.17) is 0 Å². The SMILES string of the molecule is CC(C)c1nccn1CCN1CCN(CC(=O)Nc2ccccc2)CC1. The summed E-state index contributed by atoms with van der Waals surface area (Å²) in [5.41, 5.74) is 0.859. The molecular weight excluding hydrogens is 326 g/mol. The molecule has 1 aromatic heterocycles. The number of amides is 1. The molecule has 26 heavy (non-hydrogen) atoms. The van der Waals surface area contributed by atoms with Gasteiger partial charge in [0.05, 0.1) is 6.54 Å². The summed E-state index contributed by atoms with van der Waals surface area (Å²) in [6, 6.07) is 9.64. The number of para-hydroxylation sites is 1. The molecule has 1 N–H and O–H groups in total. The highest BCUT2D eigenvalue weighted by molar-refractivity contribution is 5.92. The number of nitrogens with zero attached hydrogens (tertiary/aromatic N) is 4. The smallest absolute Gasteiger partial charge is 0.238 e. The molecule has 2 aromatic rings. The molecule has 1 saturated heterocycles. The van der Waals surface area contributed by atoms with Crippen LogP contribution in [0, 0.1) is 0 Å². The van der Waals surface area contributed by atoms with Crippen molar-refractivity contribution < 1.29 is 4.79 Å². The molecule has 1 amide bonds. The van der Waals surface area contributed by atoms with E-state index in [0.717, 1.165) is 50.8 Å². The average Bonchev–Trinajstić information content (AvgIpc) is 3.11. The van der Waals surface area contributed by atoms with Crippen LogP contribution < -0.4 is 5.32 Å². The van der Waals surface area contributed by atoms with Crippen molar-refractivity contribution in [3.63, 3.8) is 0 Å². The van der Waals surface area contributed by atoms with E-state index in [1.165, 1.54) is 0 Å². The highest BCUT2D eigenvalue weighted by Crippen LogP contribution is 2.12. The maximum Gasteiger partial charge on any atom is 0.238 e. The Bertz CT molecular complexity index is 689. The Hall–Kier alpha value is -2.18. The fourth-order valence-electron chi connectivity index (χ4n) is 3.36. The number of aromatic nitrogens is 2. The number of nitrogens with one attached hydrogen (secondary N) is 1. The van der Waals surface area contributed by atoms with Crippen LogP contribution in [0.3, 0.4) is 0 Å². The van der Waals surface area contributed by atoms with E-state index in [9.17, 15) is 4.79 Å². The predicted molar refractivity (Wildman–Crippen MR) is 104 cm³/mol. The summed E-state index contributed by atoms with van der Waals surface area (Å²) in [5, 5.41) is 2.96. The first-order chi connectivity index (χ1) is 12.6. The lowest BCUT2D eigenvalue weighted by Gasteiger charge is -2.34. The lowest BCUT2D eigenvalue weighted by molar-refractivity contribution is -0.117. The second-order valence-corrected chi connectivity index (χ2v) is 7.17. The second kappa shape index (κ2) is 8.96. The van der Waals surface area contributed by atoms with Gasteiger partial charge in [-0.2, -0.15) is 0 Å². The standard InChI is InChI=1S/C20H29N5O/c1-17(2)20-21-8-9-25(20)15-14-23-10-12-24(13-11-23)16-19(26)22-18-6-4-3-5-7-18/h3-9,17H,10-16H2,1-2H3,(H,22,26). The van der Waals surface area contributed by atoms with Crippen LogP contribution in [0.1, 0.15) is 25.6 Å². The molecule has 2 heterocycles. The number of imidazole rings is 1. The Balaban J connectivity index is 1.39.